The highest BCUT2D eigenvalue weighted by molar-refractivity contribution is 5.85. The van der Waals surface area contributed by atoms with Crippen LogP contribution < -0.4 is 10.6 Å². The Kier molecular flexibility index (Phi) is 8.37. The van der Waals surface area contributed by atoms with Gasteiger partial charge in [-0.25, -0.2) is 0 Å². The number of morpholine rings is 1. The number of rotatable bonds is 6. The van der Waals surface area contributed by atoms with Crippen molar-refractivity contribution in [3.63, 3.8) is 0 Å². The van der Waals surface area contributed by atoms with Gasteiger partial charge >= 0.3 is 0 Å². The summed E-state index contributed by atoms with van der Waals surface area (Å²) < 4.78 is 5.62. The first-order valence-electron chi connectivity index (χ1n) is 7.93. The SMILES string of the molecule is CC(C)N(C)CCNC1CCCC1C1COCCN1.Cl. The van der Waals surface area contributed by atoms with Gasteiger partial charge in [0.25, 0.3) is 0 Å². The molecule has 20 heavy (non-hydrogen) atoms. The second-order valence-electron chi connectivity index (χ2n) is 6.37. The molecule has 2 N–H and O–H groups in total. The van der Waals surface area contributed by atoms with Gasteiger partial charge in [-0.3, -0.25) is 0 Å². The third kappa shape index (κ3) is 5.15. The largest absolute Gasteiger partial charge is 0.379 e. The van der Waals surface area contributed by atoms with E-state index in [-0.39, 0.29) is 12.4 Å². The zero-order valence-electron chi connectivity index (χ0n) is 13.2. The lowest BCUT2D eigenvalue weighted by Gasteiger charge is -2.33. The van der Waals surface area contributed by atoms with Crippen LogP contribution in [0.1, 0.15) is 33.1 Å². The molecule has 3 atom stereocenters. The fraction of sp³-hybridized carbons (Fsp3) is 1.00. The van der Waals surface area contributed by atoms with Crippen molar-refractivity contribution in [3.8, 4) is 0 Å². The summed E-state index contributed by atoms with van der Waals surface area (Å²) in [5.41, 5.74) is 0. The molecule has 5 heteroatoms. The first kappa shape index (κ1) is 18.2. The molecule has 0 spiro atoms. The normalized spacial score (nSPS) is 30.8. The highest BCUT2D eigenvalue weighted by atomic mass is 35.5. The van der Waals surface area contributed by atoms with Gasteiger partial charge in [0.1, 0.15) is 0 Å². The Morgan fingerprint density at radius 3 is 2.80 bits per heavy atom. The van der Waals surface area contributed by atoms with Gasteiger partial charge in [-0.05, 0) is 39.7 Å². The van der Waals surface area contributed by atoms with Crippen LogP contribution in [-0.2, 0) is 4.74 Å². The van der Waals surface area contributed by atoms with Gasteiger partial charge in [0.15, 0.2) is 0 Å². The average molecular weight is 306 g/mol. The van der Waals surface area contributed by atoms with Crippen LogP contribution in [0.4, 0.5) is 0 Å². The minimum absolute atomic E-state index is 0. The second kappa shape index (κ2) is 9.21. The third-order valence-corrected chi connectivity index (χ3v) is 4.79. The molecule has 1 heterocycles. The standard InChI is InChI=1S/C15H31N3O.ClH/c1-12(2)18(3)9-7-16-14-6-4-5-13(14)15-11-19-10-8-17-15;/h12-17H,4-11H2,1-3H3;1H. The maximum Gasteiger partial charge on any atom is 0.0623 e. The summed E-state index contributed by atoms with van der Waals surface area (Å²) in [6.07, 6.45) is 4.04. The Morgan fingerprint density at radius 2 is 2.15 bits per heavy atom. The summed E-state index contributed by atoms with van der Waals surface area (Å²) in [4.78, 5) is 2.40. The molecule has 0 amide bonds. The predicted molar refractivity (Wildman–Crippen MR) is 86.8 cm³/mol. The van der Waals surface area contributed by atoms with Crippen molar-refractivity contribution >= 4 is 12.4 Å². The monoisotopic (exact) mass is 305 g/mol. The van der Waals surface area contributed by atoms with Gasteiger partial charge in [0.2, 0.25) is 0 Å². The quantitative estimate of drug-likeness (QED) is 0.780. The smallest absolute Gasteiger partial charge is 0.0623 e. The summed E-state index contributed by atoms with van der Waals surface area (Å²) in [5, 5.41) is 7.41. The molecule has 1 saturated heterocycles. The number of halogens is 1. The van der Waals surface area contributed by atoms with Gasteiger partial charge in [0.05, 0.1) is 13.2 Å². The molecule has 2 fully saturated rings. The number of hydrogen-bond donors (Lipinski definition) is 2. The summed E-state index contributed by atoms with van der Waals surface area (Å²) in [6.45, 7) is 9.53. The summed E-state index contributed by atoms with van der Waals surface area (Å²) >= 11 is 0. The molecule has 1 saturated carbocycles. The van der Waals surface area contributed by atoms with Crippen molar-refractivity contribution < 1.29 is 4.74 Å². The third-order valence-electron chi connectivity index (χ3n) is 4.79. The van der Waals surface area contributed by atoms with E-state index in [0.717, 1.165) is 38.8 Å². The molecule has 1 aliphatic heterocycles. The fourth-order valence-corrected chi connectivity index (χ4v) is 3.27. The van der Waals surface area contributed by atoms with E-state index in [1.54, 1.807) is 0 Å². The van der Waals surface area contributed by atoms with E-state index in [0.29, 0.717) is 18.1 Å². The van der Waals surface area contributed by atoms with Gasteiger partial charge in [0, 0.05) is 37.8 Å². The Morgan fingerprint density at radius 1 is 1.35 bits per heavy atom. The number of nitrogens with zero attached hydrogens (tertiary/aromatic N) is 1. The molecule has 2 aliphatic rings. The van der Waals surface area contributed by atoms with Crippen LogP contribution in [0.5, 0.6) is 0 Å². The highest BCUT2D eigenvalue weighted by Crippen LogP contribution is 2.29. The zero-order valence-corrected chi connectivity index (χ0v) is 14.0. The van der Waals surface area contributed by atoms with Crippen LogP contribution in [0.15, 0.2) is 0 Å². The van der Waals surface area contributed by atoms with Gasteiger partial charge in [-0.15, -0.1) is 12.4 Å². The molecule has 0 aromatic heterocycles. The Balaban J connectivity index is 0.00000200. The van der Waals surface area contributed by atoms with Crippen LogP contribution >= 0.6 is 12.4 Å². The van der Waals surface area contributed by atoms with Crippen LogP contribution in [-0.4, -0.2) is 62.9 Å². The highest BCUT2D eigenvalue weighted by Gasteiger charge is 2.34. The molecule has 0 aromatic carbocycles. The second-order valence-corrected chi connectivity index (χ2v) is 6.37. The predicted octanol–water partition coefficient (Wildman–Crippen LogP) is 1.50. The van der Waals surface area contributed by atoms with E-state index in [1.165, 1.54) is 19.3 Å². The molecular formula is C15H32ClN3O. The molecule has 0 radical (unpaired) electrons. The van der Waals surface area contributed by atoms with E-state index < -0.39 is 0 Å². The topological polar surface area (TPSA) is 36.5 Å². The molecule has 0 aromatic rings. The average Bonchev–Trinajstić information content (AvgIpc) is 2.88. The molecule has 1 aliphatic carbocycles. The molecule has 2 rings (SSSR count). The lowest BCUT2D eigenvalue weighted by molar-refractivity contribution is 0.0523. The van der Waals surface area contributed by atoms with Crippen LogP contribution in [0, 0.1) is 5.92 Å². The van der Waals surface area contributed by atoms with Crippen molar-refractivity contribution in [1.29, 1.82) is 0 Å². The van der Waals surface area contributed by atoms with Crippen LogP contribution in [0.2, 0.25) is 0 Å². The summed E-state index contributed by atoms with van der Waals surface area (Å²) in [5.74, 6) is 0.754. The van der Waals surface area contributed by atoms with Crippen molar-refractivity contribution in [1.82, 2.24) is 15.5 Å². The fourth-order valence-electron chi connectivity index (χ4n) is 3.27. The molecular weight excluding hydrogens is 274 g/mol. The molecule has 4 nitrogen and oxygen atoms in total. The number of hydrogen-bond acceptors (Lipinski definition) is 4. The maximum atomic E-state index is 5.62. The number of likely N-dealkylation sites (N-methyl/N-ethyl adjacent to an activating group) is 1. The Hall–Kier alpha value is 0.130. The van der Waals surface area contributed by atoms with E-state index >= 15 is 0 Å². The lowest BCUT2D eigenvalue weighted by atomic mass is 9.94. The first-order valence-corrected chi connectivity index (χ1v) is 7.93. The van der Waals surface area contributed by atoms with Crippen LogP contribution in [0.3, 0.4) is 0 Å². The van der Waals surface area contributed by atoms with E-state index in [2.05, 4.69) is 36.4 Å². The van der Waals surface area contributed by atoms with Crippen LogP contribution in [0.25, 0.3) is 0 Å². The van der Waals surface area contributed by atoms with Crippen molar-refractivity contribution in [2.24, 2.45) is 5.92 Å². The summed E-state index contributed by atoms with van der Waals surface area (Å²) in [7, 11) is 2.20. The maximum absolute atomic E-state index is 5.62. The number of ether oxygens (including phenoxy) is 1. The molecule has 0 bridgehead atoms. The van der Waals surface area contributed by atoms with E-state index in [4.69, 9.17) is 4.74 Å². The zero-order chi connectivity index (χ0) is 13.7. The van der Waals surface area contributed by atoms with Gasteiger partial charge < -0.3 is 20.3 Å². The molecule has 120 valence electrons. The Labute approximate surface area is 130 Å². The van der Waals surface area contributed by atoms with E-state index in [9.17, 15) is 0 Å². The van der Waals surface area contributed by atoms with Gasteiger partial charge in [-0.1, -0.05) is 6.42 Å². The van der Waals surface area contributed by atoms with Crippen molar-refractivity contribution in [2.45, 2.75) is 51.2 Å². The minimum Gasteiger partial charge on any atom is -0.379 e. The van der Waals surface area contributed by atoms with Crippen molar-refractivity contribution in [3.05, 3.63) is 0 Å². The summed E-state index contributed by atoms with van der Waals surface area (Å²) in [6, 6.07) is 1.88. The number of nitrogens with one attached hydrogen (secondary N) is 2. The van der Waals surface area contributed by atoms with Crippen molar-refractivity contribution in [2.75, 3.05) is 39.9 Å². The van der Waals surface area contributed by atoms with Gasteiger partial charge in [-0.2, -0.15) is 0 Å². The first-order chi connectivity index (χ1) is 9.18. The minimum atomic E-state index is 0. The Bertz CT molecular complexity index is 260. The van der Waals surface area contributed by atoms with E-state index in [1.807, 2.05) is 0 Å². The lowest BCUT2D eigenvalue weighted by Crippen LogP contribution is -2.51. The molecule has 3 unspecified atom stereocenters.